The minimum absolute atomic E-state index is 0.785. The van der Waals surface area contributed by atoms with Crippen LogP contribution in [0.2, 0.25) is 0 Å². The fourth-order valence-electron chi connectivity index (χ4n) is 1.19. The summed E-state index contributed by atoms with van der Waals surface area (Å²) in [6.45, 7) is 8.44. The largest absolute Gasteiger partial charge is 0.298 e. The summed E-state index contributed by atoms with van der Waals surface area (Å²) in [6, 6.07) is 0. The smallest absolute Gasteiger partial charge is 0.145 e. The standard InChI is InChI=1S/C13H22O/c1-11(2)6-5-7-12(3)8-9-13(4)10-14/h8-11H,5-7H2,1-4H3. The van der Waals surface area contributed by atoms with Gasteiger partial charge in [-0.2, -0.15) is 0 Å². The molecule has 0 atom stereocenters. The molecule has 0 saturated heterocycles. The molecule has 0 spiro atoms. The van der Waals surface area contributed by atoms with E-state index in [1.807, 2.05) is 19.1 Å². The van der Waals surface area contributed by atoms with Crippen LogP contribution >= 0.6 is 0 Å². The maximum absolute atomic E-state index is 10.3. The lowest BCUT2D eigenvalue weighted by Gasteiger charge is -2.03. The van der Waals surface area contributed by atoms with E-state index in [2.05, 4.69) is 20.8 Å². The van der Waals surface area contributed by atoms with E-state index in [1.165, 1.54) is 18.4 Å². The van der Waals surface area contributed by atoms with Crippen molar-refractivity contribution in [2.75, 3.05) is 0 Å². The van der Waals surface area contributed by atoms with Gasteiger partial charge in [0.2, 0.25) is 0 Å². The number of carbonyl (C=O) groups is 1. The molecule has 14 heavy (non-hydrogen) atoms. The fraction of sp³-hybridized carbons (Fsp3) is 0.615. The van der Waals surface area contributed by atoms with Crippen LogP contribution in [0.5, 0.6) is 0 Å². The van der Waals surface area contributed by atoms with Crippen molar-refractivity contribution in [3.63, 3.8) is 0 Å². The van der Waals surface area contributed by atoms with Crippen LogP contribution in [-0.4, -0.2) is 6.29 Å². The van der Waals surface area contributed by atoms with E-state index in [-0.39, 0.29) is 0 Å². The Morgan fingerprint density at radius 1 is 1.21 bits per heavy atom. The van der Waals surface area contributed by atoms with Crippen LogP contribution in [0.25, 0.3) is 0 Å². The molecule has 1 heteroatoms. The molecular weight excluding hydrogens is 172 g/mol. The summed E-state index contributed by atoms with van der Waals surface area (Å²) in [5.74, 6) is 0.787. The average molecular weight is 194 g/mol. The molecule has 0 aromatic carbocycles. The zero-order valence-corrected chi connectivity index (χ0v) is 9.84. The molecule has 0 N–H and O–H groups in total. The lowest BCUT2D eigenvalue weighted by atomic mass is 10.0. The van der Waals surface area contributed by atoms with Crippen molar-refractivity contribution in [3.05, 3.63) is 23.3 Å². The summed E-state index contributed by atoms with van der Waals surface area (Å²) in [7, 11) is 0. The lowest BCUT2D eigenvalue weighted by Crippen LogP contribution is -1.87. The zero-order valence-electron chi connectivity index (χ0n) is 9.84. The number of hydrogen-bond acceptors (Lipinski definition) is 1. The molecule has 0 unspecified atom stereocenters. The molecule has 0 fully saturated rings. The van der Waals surface area contributed by atoms with Gasteiger partial charge in [-0.05, 0) is 38.2 Å². The van der Waals surface area contributed by atoms with Crippen molar-refractivity contribution in [1.82, 2.24) is 0 Å². The van der Waals surface area contributed by atoms with Crippen LogP contribution in [0.15, 0.2) is 23.3 Å². The van der Waals surface area contributed by atoms with Crippen LogP contribution in [-0.2, 0) is 4.79 Å². The van der Waals surface area contributed by atoms with E-state index in [0.29, 0.717) is 0 Å². The first kappa shape index (κ1) is 13.2. The van der Waals surface area contributed by atoms with Crippen LogP contribution in [0.3, 0.4) is 0 Å². The predicted octanol–water partition coefficient (Wildman–Crippen LogP) is 3.90. The van der Waals surface area contributed by atoms with E-state index in [1.54, 1.807) is 0 Å². The molecular formula is C13H22O. The van der Waals surface area contributed by atoms with Crippen LogP contribution in [0, 0.1) is 5.92 Å². The monoisotopic (exact) mass is 194 g/mol. The van der Waals surface area contributed by atoms with Crippen LogP contribution < -0.4 is 0 Å². The number of carbonyl (C=O) groups excluding carboxylic acids is 1. The summed E-state index contributed by atoms with van der Waals surface area (Å²) >= 11 is 0. The van der Waals surface area contributed by atoms with Gasteiger partial charge in [-0.15, -0.1) is 0 Å². The molecule has 0 saturated carbocycles. The third-order valence-electron chi connectivity index (χ3n) is 2.17. The second kappa shape index (κ2) is 7.54. The van der Waals surface area contributed by atoms with E-state index in [0.717, 1.165) is 24.2 Å². The quantitative estimate of drug-likeness (QED) is 0.356. The third kappa shape index (κ3) is 7.78. The molecule has 0 aliphatic heterocycles. The van der Waals surface area contributed by atoms with Crippen LogP contribution in [0.1, 0.15) is 47.0 Å². The van der Waals surface area contributed by atoms with Gasteiger partial charge >= 0.3 is 0 Å². The second-order valence-electron chi connectivity index (χ2n) is 4.33. The van der Waals surface area contributed by atoms with E-state index >= 15 is 0 Å². The molecule has 0 bridgehead atoms. The molecule has 0 aliphatic rings. The van der Waals surface area contributed by atoms with Crippen molar-refractivity contribution < 1.29 is 4.79 Å². The highest BCUT2D eigenvalue weighted by molar-refractivity contribution is 5.72. The maximum Gasteiger partial charge on any atom is 0.145 e. The molecule has 1 nitrogen and oxygen atoms in total. The Hall–Kier alpha value is -0.850. The van der Waals surface area contributed by atoms with Crippen molar-refractivity contribution in [3.8, 4) is 0 Å². The van der Waals surface area contributed by atoms with Gasteiger partial charge in [-0.25, -0.2) is 0 Å². The van der Waals surface area contributed by atoms with Gasteiger partial charge < -0.3 is 0 Å². The lowest BCUT2D eigenvalue weighted by molar-refractivity contribution is -0.104. The van der Waals surface area contributed by atoms with Gasteiger partial charge in [0, 0.05) is 0 Å². The minimum atomic E-state index is 0.785. The Morgan fingerprint density at radius 3 is 2.36 bits per heavy atom. The van der Waals surface area contributed by atoms with Crippen LogP contribution in [0.4, 0.5) is 0 Å². The van der Waals surface area contributed by atoms with Crippen molar-refractivity contribution in [1.29, 1.82) is 0 Å². The number of rotatable bonds is 6. The number of aldehydes is 1. The Bertz CT molecular complexity index is 221. The van der Waals surface area contributed by atoms with Crippen molar-refractivity contribution >= 4 is 6.29 Å². The molecule has 0 amide bonds. The van der Waals surface area contributed by atoms with Gasteiger partial charge in [0.05, 0.1) is 0 Å². The number of allylic oxidation sites excluding steroid dienone is 4. The number of hydrogen-bond donors (Lipinski definition) is 0. The molecule has 0 heterocycles. The minimum Gasteiger partial charge on any atom is -0.298 e. The van der Waals surface area contributed by atoms with Gasteiger partial charge in [0.15, 0.2) is 0 Å². The van der Waals surface area contributed by atoms with E-state index < -0.39 is 0 Å². The second-order valence-corrected chi connectivity index (χ2v) is 4.33. The predicted molar refractivity (Wildman–Crippen MR) is 62.3 cm³/mol. The molecule has 0 radical (unpaired) electrons. The summed E-state index contributed by atoms with van der Waals surface area (Å²) in [5, 5.41) is 0. The highest BCUT2D eigenvalue weighted by Gasteiger charge is 1.94. The first-order chi connectivity index (χ1) is 6.56. The van der Waals surface area contributed by atoms with Crippen molar-refractivity contribution in [2.45, 2.75) is 47.0 Å². The molecule has 0 aromatic heterocycles. The van der Waals surface area contributed by atoms with E-state index in [9.17, 15) is 4.79 Å². The normalized spacial score (nSPS) is 13.5. The summed E-state index contributed by atoms with van der Waals surface area (Å²) < 4.78 is 0. The summed E-state index contributed by atoms with van der Waals surface area (Å²) in [6.07, 6.45) is 8.48. The molecule has 80 valence electrons. The Morgan fingerprint density at radius 2 is 1.86 bits per heavy atom. The first-order valence-corrected chi connectivity index (χ1v) is 5.35. The zero-order chi connectivity index (χ0) is 11.0. The fourth-order valence-corrected chi connectivity index (χ4v) is 1.19. The Balaban J connectivity index is 3.83. The summed E-state index contributed by atoms with van der Waals surface area (Å²) in [4.78, 5) is 10.3. The average Bonchev–Trinajstić information content (AvgIpc) is 2.13. The highest BCUT2D eigenvalue weighted by Crippen LogP contribution is 2.11. The molecule has 0 rings (SSSR count). The van der Waals surface area contributed by atoms with E-state index in [4.69, 9.17) is 0 Å². The molecule has 0 aliphatic carbocycles. The Labute approximate surface area is 87.9 Å². The molecule has 0 aromatic rings. The highest BCUT2D eigenvalue weighted by atomic mass is 16.1. The first-order valence-electron chi connectivity index (χ1n) is 5.35. The van der Waals surface area contributed by atoms with Gasteiger partial charge in [0.25, 0.3) is 0 Å². The Kier molecular flexibility index (Phi) is 7.09. The van der Waals surface area contributed by atoms with Gasteiger partial charge in [0.1, 0.15) is 6.29 Å². The topological polar surface area (TPSA) is 17.1 Å². The van der Waals surface area contributed by atoms with Gasteiger partial charge in [-0.3, -0.25) is 4.79 Å². The summed E-state index contributed by atoms with van der Waals surface area (Å²) in [5.41, 5.74) is 2.14. The van der Waals surface area contributed by atoms with Gasteiger partial charge in [-0.1, -0.05) is 38.0 Å². The SMILES string of the molecule is CC(C=O)=CC=C(C)CCCC(C)C. The van der Waals surface area contributed by atoms with Crippen molar-refractivity contribution in [2.24, 2.45) is 5.92 Å². The maximum atomic E-state index is 10.3. The third-order valence-corrected chi connectivity index (χ3v) is 2.17.